The van der Waals surface area contributed by atoms with Crippen molar-refractivity contribution in [3.63, 3.8) is 0 Å². The largest absolute Gasteiger partial charge is 0.487 e. The molecule has 1 N–H and O–H groups in total. The summed E-state index contributed by atoms with van der Waals surface area (Å²) in [5, 5.41) is 3.25. The molecule has 0 amide bonds. The van der Waals surface area contributed by atoms with Crippen LogP contribution >= 0.6 is 15.9 Å². The van der Waals surface area contributed by atoms with Crippen LogP contribution in [0.2, 0.25) is 0 Å². The zero-order valence-corrected chi connectivity index (χ0v) is 14.4. The summed E-state index contributed by atoms with van der Waals surface area (Å²) in [6, 6.07) is 6.39. The third-order valence-electron chi connectivity index (χ3n) is 3.51. The Morgan fingerprint density at radius 1 is 1.43 bits per heavy atom. The van der Waals surface area contributed by atoms with Crippen molar-refractivity contribution < 1.29 is 4.74 Å². The normalized spacial score (nSPS) is 12.4. The molecule has 1 atom stereocenters. The van der Waals surface area contributed by atoms with Crippen molar-refractivity contribution in [2.24, 2.45) is 0 Å². The van der Waals surface area contributed by atoms with E-state index in [1.54, 1.807) is 0 Å². The number of hydrogen-bond acceptors (Lipinski definition) is 3. The standard InChI is InChI=1S/C16H22BrN3O/c1-4-7-20-11-19-9-14(20)10-21-16-8-13(17)5-6-15(16)12(2)18-3/h5-6,8-9,11-12,18H,4,7,10H2,1-3H3. The third kappa shape index (κ3) is 4.08. The number of nitrogens with zero attached hydrogens (tertiary/aromatic N) is 2. The molecule has 0 aliphatic rings. The number of halogens is 1. The molecule has 0 saturated heterocycles. The highest BCUT2D eigenvalue weighted by Gasteiger charge is 2.11. The van der Waals surface area contributed by atoms with E-state index in [-0.39, 0.29) is 6.04 Å². The molecule has 1 aromatic heterocycles. The van der Waals surface area contributed by atoms with Gasteiger partial charge in [-0.2, -0.15) is 0 Å². The molecule has 0 saturated carbocycles. The molecule has 0 radical (unpaired) electrons. The number of ether oxygens (including phenoxy) is 1. The fraction of sp³-hybridized carbons (Fsp3) is 0.438. The number of hydrogen-bond donors (Lipinski definition) is 1. The van der Waals surface area contributed by atoms with Crippen molar-refractivity contribution in [3.8, 4) is 5.75 Å². The van der Waals surface area contributed by atoms with Gasteiger partial charge in [-0.05, 0) is 32.5 Å². The highest BCUT2D eigenvalue weighted by molar-refractivity contribution is 9.10. The summed E-state index contributed by atoms with van der Waals surface area (Å²) in [5.74, 6) is 0.899. The van der Waals surface area contributed by atoms with E-state index in [9.17, 15) is 0 Å². The first-order chi connectivity index (χ1) is 10.2. The Hall–Kier alpha value is -1.33. The fourth-order valence-corrected chi connectivity index (χ4v) is 2.55. The molecule has 21 heavy (non-hydrogen) atoms. The Bertz CT molecular complexity index is 583. The van der Waals surface area contributed by atoms with Crippen molar-refractivity contribution in [3.05, 3.63) is 46.5 Å². The molecule has 1 heterocycles. The van der Waals surface area contributed by atoms with E-state index in [1.165, 1.54) is 0 Å². The van der Waals surface area contributed by atoms with Crippen LogP contribution < -0.4 is 10.1 Å². The van der Waals surface area contributed by atoms with Crippen LogP contribution in [0.4, 0.5) is 0 Å². The van der Waals surface area contributed by atoms with Crippen LogP contribution in [0.1, 0.15) is 37.6 Å². The lowest BCUT2D eigenvalue weighted by Gasteiger charge is -2.17. The van der Waals surface area contributed by atoms with Crippen LogP contribution in [-0.4, -0.2) is 16.6 Å². The zero-order chi connectivity index (χ0) is 15.2. The van der Waals surface area contributed by atoms with Gasteiger partial charge in [-0.3, -0.25) is 0 Å². The van der Waals surface area contributed by atoms with E-state index in [0.29, 0.717) is 6.61 Å². The second kappa shape index (κ2) is 7.61. The molecular formula is C16H22BrN3O. The molecule has 0 spiro atoms. The lowest BCUT2D eigenvalue weighted by atomic mass is 10.1. The predicted octanol–water partition coefficient (Wildman–Crippen LogP) is 3.92. The first kappa shape index (κ1) is 16.0. The number of nitrogens with one attached hydrogen (secondary N) is 1. The Labute approximate surface area is 134 Å². The van der Waals surface area contributed by atoms with E-state index in [2.05, 4.69) is 50.7 Å². The zero-order valence-electron chi connectivity index (χ0n) is 12.8. The average Bonchev–Trinajstić information content (AvgIpc) is 2.92. The van der Waals surface area contributed by atoms with Crippen LogP contribution in [-0.2, 0) is 13.2 Å². The Morgan fingerprint density at radius 2 is 2.24 bits per heavy atom. The van der Waals surface area contributed by atoms with Crippen molar-refractivity contribution in [2.45, 2.75) is 39.5 Å². The van der Waals surface area contributed by atoms with Crippen molar-refractivity contribution in [1.82, 2.24) is 14.9 Å². The van der Waals surface area contributed by atoms with E-state index >= 15 is 0 Å². The van der Waals surface area contributed by atoms with Gasteiger partial charge in [0.15, 0.2) is 0 Å². The van der Waals surface area contributed by atoms with Crippen LogP contribution in [0.15, 0.2) is 35.2 Å². The summed E-state index contributed by atoms with van der Waals surface area (Å²) < 4.78 is 9.20. The monoisotopic (exact) mass is 351 g/mol. The molecular weight excluding hydrogens is 330 g/mol. The summed E-state index contributed by atoms with van der Waals surface area (Å²) in [6.45, 7) is 5.78. The molecule has 1 aromatic carbocycles. The van der Waals surface area contributed by atoms with Crippen LogP contribution in [0, 0.1) is 0 Å². The lowest BCUT2D eigenvalue weighted by Crippen LogP contribution is -2.14. The minimum Gasteiger partial charge on any atom is -0.487 e. The molecule has 2 rings (SSSR count). The third-order valence-corrected chi connectivity index (χ3v) is 4.01. The van der Waals surface area contributed by atoms with Crippen LogP contribution in [0.25, 0.3) is 0 Å². The molecule has 0 fully saturated rings. The van der Waals surface area contributed by atoms with Gasteiger partial charge in [-0.15, -0.1) is 0 Å². The summed E-state index contributed by atoms with van der Waals surface area (Å²) in [6.07, 6.45) is 4.82. The SMILES string of the molecule is CCCn1cncc1COc1cc(Br)ccc1C(C)NC. The average molecular weight is 352 g/mol. The second-order valence-electron chi connectivity index (χ2n) is 5.06. The number of imidazole rings is 1. The van der Waals surface area contributed by atoms with Crippen molar-refractivity contribution >= 4 is 15.9 Å². The minimum atomic E-state index is 0.244. The van der Waals surface area contributed by atoms with Crippen molar-refractivity contribution in [2.75, 3.05) is 7.05 Å². The van der Waals surface area contributed by atoms with E-state index in [1.807, 2.05) is 31.7 Å². The summed E-state index contributed by atoms with van der Waals surface area (Å²) >= 11 is 3.51. The maximum atomic E-state index is 6.04. The van der Waals surface area contributed by atoms with E-state index in [4.69, 9.17) is 4.74 Å². The molecule has 0 aliphatic heterocycles. The quantitative estimate of drug-likeness (QED) is 0.821. The van der Waals surface area contributed by atoms with E-state index < -0.39 is 0 Å². The van der Waals surface area contributed by atoms with Crippen LogP contribution in [0.5, 0.6) is 5.75 Å². The highest BCUT2D eigenvalue weighted by atomic mass is 79.9. The van der Waals surface area contributed by atoms with Crippen LogP contribution in [0.3, 0.4) is 0 Å². The molecule has 0 aliphatic carbocycles. The van der Waals surface area contributed by atoms with Gasteiger partial charge in [0, 0.05) is 22.6 Å². The smallest absolute Gasteiger partial charge is 0.130 e. The molecule has 2 aromatic rings. The minimum absolute atomic E-state index is 0.244. The van der Waals surface area contributed by atoms with Gasteiger partial charge in [-0.25, -0.2) is 4.98 Å². The Balaban J connectivity index is 2.15. The van der Waals surface area contributed by atoms with Gasteiger partial charge < -0.3 is 14.6 Å². The van der Waals surface area contributed by atoms with E-state index in [0.717, 1.165) is 34.4 Å². The first-order valence-corrected chi connectivity index (χ1v) is 8.03. The molecule has 114 valence electrons. The molecule has 5 heteroatoms. The molecule has 4 nitrogen and oxygen atoms in total. The topological polar surface area (TPSA) is 39.1 Å². The first-order valence-electron chi connectivity index (χ1n) is 7.24. The number of aromatic nitrogens is 2. The molecule has 0 bridgehead atoms. The fourth-order valence-electron chi connectivity index (χ4n) is 2.21. The summed E-state index contributed by atoms with van der Waals surface area (Å²) in [4.78, 5) is 4.21. The van der Waals surface area contributed by atoms with Crippen molar-refractivity contribution in [1.29, 1.82) is 0 Å². The summed E-state index contributed by atoms with van der Waals surface area (Å²) in [5.41, 5.74) is 2.25. The van der Waals surface area contributed by atoms with Gasteiger partial charge in [0.25, 0.3) is 0 Å². The maximum Gasteiger partial charge on any atom is 0.130 e. The highest BCUT2D eigenvalue weighted by Crippen LogP contribution is 2.29. The number of rotatable bonds is 7. The lowest BCUT2D eigenvalue weighted by molar-refractivity contribution is 0.289. The van der Waals surface area contributed by atoms with Gasteiger partial charge in [0.2, 0.25) is 0 Å². The Kier molecular flexibility index (Phi) is 5.82. The predicted molar refractivity (Wildman–Crippen MR) is 88.5 cm³/mol. The van der Waals surface area contributed by atoms with Gasteiger partial charge >= 0.3 is 0 Å². The number of benzene rings is 1. The summed E-state index contributed by atoms with van der Waals surface area (Å²) in [7, 11) is 1.95. The maximum absolute atomic E-state index is 6.04. The number of aryl methyl sites for hydroxylation is 1. The second-order valence-corrected chi connectivity index (χ2v) is 5.98. The van der Waals surface area contributed by atoms with Gasteiger partial charge in [-0.1, -0.05) is 28.9 Å². The van der Waals surface area contributed by atoms with Gasteiger partial charge in [0.05, 0.1) is 18.2 Å². The Morgan fingerprint density at radius 3 is 2.95 bits per heavy atom. The van der Waals surface area contributed by atoms with Gasteiger partial charge in [0.1, 0.15) is 12.4 Å². The molecule has 1 unspecified atom stereocenters.